The van der Waals surface area contributed by atoms with E-state index in [1.807, 2.05) is 48.5 Å². The second-order valence-electron chi connectivity index (χ2n) is 7.04. The average Bonchev–Trinajstić information content (AvgIpc) is 3.43. The maximum atomic E-state index is 13.4. The molecular weight excluding hydrogens is 414 g/mol. The lowest BCUT2D eigenvalue weighted by molar-refractivity contribution is -0.118. The van der Waals surface area contributed by atoms with Crippen molar-refractivity contribution in [1.82, 2.24) is 9.97 Å². The number of fused-ring (bicyclic) bond motifs is 2. The molecule has 8 heteroatoms. The van der Waals surface area contributed by atoms with E-state index in [-0.39, 0.29) is 19.1 Å². The minimum atomic E-state index is -0.0614. The second kappa shape index (κ2) is 8.23. The highest BCUT2D eigenvalue weighted by Crippen LogP contribution is 2.34. The van der Waals surface area contributed by atoms with Gasteiger partial charge in [-0.15, -0.1) is 0 Å². The highest BCUT2D eigenvalue weighted by atomic mass is 32.1. The van der Waals surface area contributed by atoms with Crippen molar-refractivity contribution in [1.29, 1.82) is 0 Å². The molecule has 0 atom stereocenters. The molecule has 0 spiro atoms. The monoisotopic (exact) mass is 433 g/mol. The van der Waals surface area contributed by atoms with Crippen molar-refractivity contribution >= 4 is 32.6 Å². The van der Waals surface area contributed by atoms with Gasteiger partial charge in [0.2, 0.25) is 12.7 Å². The van der Waals surface area contributed by atoms with Crippen LogP contribution in [-0.4, -0.2) is 29.8 Å². The lowest BCUT2D eigenvalue weighted by atomic mass is 10.1. The molecule has 0 aliphatic carbocycles. The number of nitrogens with zero attached hydrogens (tertiary/aromatic N) is 3. The molecule has 7 nitrogen and oxygen atoms in total. The summed E-state index contributed by atoms with van der Waals surface area (Å²) < 4.78 is 17.1. The predicted octanol–water partition coefficient (Wildman–Crippen LogP) is 4.20. The molecule has 0 bridgehead atoms. The van der Waals surface area contributed by atoms with E-state index in [2.05, 4.69) is 4.98 Å². The van der Waals surface area contributed by atoms with Gasteiger partial charge in [0, 0.05) is 18.5 Å². The zero-order valence-corrected chi connectivity index (χ0v) is 17.6. The number of thiazole rings is 1. The molecule has 1 aliphatic heterocycles. The molecule has 3 heterocycles. The number of methoxy groups -OCH3 is 1. The molecule has 0 unspecified atom stereocenters. The minimum absolute atomic E-state index is 0.0614. The molecule has 1 amide bonds. The van der Waals surface area contributed by atoms with Crippen molar-refractivity contribution < 1.29 is 19.0 Å². The zero-order valence-electron chi connectivity index (χ0n) is 16.8. The first-order valence-electron chi connectivity index (χ1n) is 9.72. The van der Waals surface area contributed by atoms with Crippen molar-refractivity contribution in [2.24, 2.45) is 0 Å². The Labute approximate surface area is 182 Å². The van der Waals surface area contributed by atoms with E-state index in [4.69, 9.17) is 19.2 Å². The highest BCUT2D eigenvalue weighted by Gasteiger charge is 2.22. The summed E-state index contributed by atoms with van der Waals surface area (Å²) in [5.41, 5.74) is 2.58. The van der Waals surface area contributed by atoms with Gasteiger partial charge in [-0.2, -0.15) is 0 Å². The number of hydrogen-bond acceptors (Lipinski definition) is 7. The first-order chi connectivity index (χ1) is 15.2. The number of hydrogen-bond donors (Lipinski definition) is 0. The molecule has 0 saturated carbocycles. The van der Waals surface area contributed by atoms with Crippen LogP contribution in [0.15, 0.2) is 60.9 Å². The van der Waals surface area contributed by atoms with Crippen LogP contribution in [0.1, 0.15) is 11.1 Å². The molecule has 31 heavy (non-hydrogen) atoms. The smallest absolute Gasteiger partial charge is 0.233 e. The number of pyridine rings is 1. The van der Waals surface area contributed by atoms with Gasteiger partial charge >= 0.3 is 0 Å². The van der Waals surface area contributed by atoms with Crippen LogP contribution in [0.25, 0.3) is 10.2 Å². The van der Waals surface area contributed by atoms with Crippen molar-refractivity contribution in [3.8, 4) is 17.2 Å². The van der Waals surface area contributed by atoms with Crippen molar-refractivity contribution in [2.75, 3.05) is 18.8 Å². The van der Waals surface area contributed by atoms with Gasteiger partial charge in [-0.05, 0) is 41.5 Å². The maximum Gasteiger partial charge on any atom is 0.233 e. The zero-order chi connectivity index (χ0) is 21.2. The predicted molar refractivity (Wildman–Crippen MR) is 118 cm³/mol. The number of anilines is 1. The second-order valence-corrected chi connectivity index (χ2v) is 8.04. The molecular formula is C23H19N3O4S. The van der Waals surface area contributed by atoms with Crippen LogP contribution in [0.2, 0.25) is 0 Å². The number of carbonyl (C=O) groups excluding carboxylic acids is 1. The van der Waals surface area contributed by atoms with E-state index in [1.165, 1.54) is 11.3 Å². The Morgan fingerprint density at radius 2 is 2.03 bits per heavy atom. The Morgan fingerprint density at radius 1 is 1.13 bits per heavy atom. The summed E-state index contributed by atoms with van der Waals surface area (Å²) >= 11 is 1.48. The van der Waals surface area contributed by atoms with E-state index < -0.39 is 0 Å². The van der Waals surface area contributed by atoms with E-state index in [1.54, 1.807) is 24.4 Å². The number of rotatable bonds is 6. The lowest BCUT2D eigenvalue weighted by Crippen LogP contribution is -2.31. The van der Waals surface area contributed by atoms with Gasteiger partial charge in [0.1, 0.15) is 5.75 Å². The Hall–Kier alpha value is -3.65. The van der Waals surface area contributed by atoms with Crippen LogP contribution >= 0.6 is 11.3 Å². The molecule has 0 fully saturated rings. The normalized spacial score (nSPS) is 12.2. The van der Waals surface area contributed by atoms with Crippen molar-refractivity contribution in [2.45, 2.75) is 13.0 Å². The van der Waals surface area contributed by atoms with Crippen LogP contribution in [0.4, 0.5) is 5.13 Å². The number of benzene rings is 2. The van der Waals surface area contributed by atoms with Gasteiger partial charge in [0.25, 0.3) is 0 Å². The quantitative estimate of drug-likeness (QED) is 0.454. The molecule has 0 N–H and O–H groups in total. The summed E-state index contributed by atoms with van der Waals surface area (Å²) in [7, 11) is 1.62. The number of ether oxygens (including phenoxy) is 3. The fourth-order valence-corrected chi connectivity index (χ4v) is 4.36. The van der Waals surface area contributed by atoms with Gasteiger partial charge in [-0.25, -0.2) is 4.98 Å². The van der Waals surface area contributed by atoms with Crippen LogP contribution in [0.3, 0.4) is 0 Å². The number of aromatic nitrogens is 2. The fraction of sp³-hybridized carbons (Fsp3) is 0.174. The third-order valence-electron chi connectivity index (χ3n) is 4.97. The SMILES string of the molecule is COc1ccc2sc(N(Cc3cccnc3)C(=O)Cc3ccc4c(c3)OCO4)nc2c1. The van der Waals surface area contributed by atoms with Crippen LogP contribution < -0.4 is 19.1 Å². The summed E-state index contributed by atoms with van der Waals surface area (Å²) in [6.45, 7) is 0.587. The largest absolute Gasteiger partial charge is 0.497 e. The van der Waals surface area contributed by atoms with Crippen molar-refractivity contribution in [3.63, 3.8) is 0 Å². The summed E-state index contributed by atoms with van der Waals surface area (Å²) in [4.78, 5) is 24.0. The topological polar surface area (TPSA) is 73.8 Å². The maximum absolute atomic E-state index is 13.4. The van der Waals surface area contributed by atoms with E-state index in [9.17, 15) is 4.79 Å². The molecule has 1 aliphatic rings. The van der Waals surface area contributed by atoms with Gasteiger partial charge < -0.3 is 14.2 Å². The Morgan fingerprint density at radius 3 is 2.87 bits per heavy atom. The first-order valence-corrected chi connectivity index (χ1v) is 10.5. The summed E-state index contributed by atoms with van der Waals surface area (Å²) in [5.74, 6) is 2.03. The van der Waals surface area contributed by atoms with E-state index in [0.29, 0.717) is 23.2 Å². The lowest BCUT2D eigenvalue weighted by Gasteiger charge is -2.20. The van der Waals surface area contributed by atoms with Crippen LogP contribution in [0, 0.1) is 0 Å². The molecule has 5 rings (SSSR count). The Bertz CT molecular complexity index is 1240. The average molecular weight is 433 g/mol. The van der Waals surface area contributed by atoms with Crippen LogP contribution in [-0.2, 0) is 17.8 Å². The summed E-state index contributed by atoms with van der Waals surface area (Å²) in [6, 6.07) is 15.1. The molecule has 156 valence electrons. The highest BCUT2D eigenvalue weighted by molar-refractivity contribution is 7.22. The van der Waals surface area contributed by atoms with Gasteiger partial charge in [0.15, 0.2) is 16.6 Å². The molecule has 4 aromatic rings. The molecule has 2 aromatic carbocycles. The van der Waals surface area contributed by atoms with Crippen molar-refractivity contribution in [3.05, 3.63) is 72.1 Å². The third kappa shape index (κ3) is 4.02. The standard InChI is InChI=1S/C23H19N3O4S/c1-28-17-5-7-21-18(11-17)25-23(31-21)26(13-16-3-2-8-24-12-16)22(27)10-15-4-6-19-20(9-15)30-14-29-19/h2-9,11-12H,10,13-14H2,1H3. The molecule has 0 saturated heterocycles. The van der Waals surface area contributed by atoms with Crippen LogP contribution in [0.5, 0.6) is 17.2 Å². The Kier molecular flexibility index (Phi) is 5.13. The number of carbonyl (C=O) groups is 1. The van der Waals surface area contributed by atoms with E-state index >= 15 is 0 Å². The third-order valence-corrected chi connectivity index (χ3v) is 6.03. The van der Waals surface area contributed by atoms with Gasteiger partial charge in [-0.3, -0.25) is 14.7 Å². The summed E-state index contributed by atoms with van der Waals surface area (Å²) in [5, 5.41) is 0.637. The Balaban J connectivity index is 1.47. The van der Waals surface area contributed by atoms with Gasteiger partial charge in [0.05, 0.1) is 30.3 Å². The molecule has 0 radical (unpaired) electrons. The van der Waals surface area contributed by atoms with Gasteiger partial charge in [-0.1, -0.05) is 23.5 Å². The molecule has 2 aromatic heterocycles. The minimum Gasteiger partial charge on any atom is -0.497 e. The fourth-order valence-electron chi connectivity index (χ4n) is 3.40. The number of amides is 1. The first kappa shape index (κ1) is 19.3. The summed E-state index contributed by atoms with van der Waals surface area (Å²) in [6.07, 6.45) is 3.69. The van der Waals surface area contributed by atoms with E-state index in [0.717, 1.165) is 27.1 Å².